The number of benzene rings is 1. The molecule has 1 amide bonds. The van der Waals surface area contributed by atoms with Gasteiger partial charge in [-0.1, -0.05) is 44.5 Å². The fourth-order valence-corrected chi connectivity index (χ4v) is 10.4. The first-order valence-corrected chi connectivity index (χ1v) is 24.4. The zero-order chi connectivity index (χ0) is 51.5. The minimum absolute atomic E-state index is 0.101. The van der Waals surface area contributed by atoms with E-state index in [4.69, 9.17) is 49.9 Å². The Balaban J connectivity index is 0.00000397. The average Bonchev–Trinajstić information content (AvgIpc) is 3.26. The minimum Gasteiger partial charge on any atom is -0.483 e. The SMILES string of the molecule is CC[C@H]1OC(=O)[C@H](C)[C@@H](O[C@H]2C[C@@](C)(OC)[C@@H](O)[C@H](C)O2)[C@H](C)[C@@H](O[C@@H]2O[C@H](C)C[C@H](N(C)C)[C@H]2O)[C@](C)(O)C[C@@H](C)CN(CCCNC(=O)Cc2ccc(Cl)cc2)[C@H](C)[C@@H](O)[C@]1(C)O.O=CO. The topological polar surface area (TPSA) is 246 Å². The molecule has 0 aromatic heterocycles. The molecular formula is C49H84ClN3O15. The predicted molar refractivity (Wildman–Crippen MR) is 255 cm³/mol. The van der Waals surface area contributed by atoms with Crippen LogP contribution in [0.25, 0.3) is 0 Å². The van der Waals surface area contributed by atoms with Gasteiger partial charge in [0, 0.05) is 56.2 Å². The lowest BCUT2D eigenvalue weighted by Crippen LogP contribution is -2.60. The third-order valence-electron chi connectivity index (χ3n) is 14.3. The number of ether oxygens (including phenoxy) is 6. The number of methoxy groups -OCH3 is 1. The number of likely N-dealkylation sites (N-methyl/N-ethyl adjacent to an activating group) is 1. The van der Waals surface area contributed by atoms with Crippen LogP contribution in [0.1, 0.15) is 107 Å². The summed E-state index contributed by atoms with van der Waals surface area (Å²) in [5.41, 5.74) is -3.80. The maximum Gasteiger partial charge on any atom is 0.311 e. The molecule has 3 aliphatic rings. The number of rotatable bonds is 13. The van der Waals surface area contributed by atoms with E-state index in [2.05, 4.69) is 5.32 Å². The summed E-state index contributed by atoms with van der Waals surface area (Å²) in [6.45, 7) is 18.3. The van der Waals surface area contributed by atoms with Gasteiger partial charge >= 0.3 is 5.97 Å². The van der Waals surface area contributed by atoms with Gasteiger partial charge in [0.25, 0.3) is 6.47 Å². The normalized spacial score (nSPS) is 40.2. The van der Waals surface area contributed by atoms with Crippen molar-refractivity contribution in [2.45, 2.75) is 198 Å². The number of amides is 1. The fourth-order valence-electron chi connectivity index (χ4n) is 10.3. The van der Waals surface area contributed by atoms with Gasteiger partial charge in [-0.3, -0.25) is 19.3 Å². The minimum atomic E-state index is -1.91. The summed E-state index contributed by atoms with van der Waals surface area (Å²) >= 11 is 6.02. The molecule has 4 rings (SSSR count). The molecule has 392 valence electrons. The van der Waals surface area contributed by atoms with Crippen molar-refractivity contribution in [1.29, 1.82) is 0 Å². The zero-order valence-corrected chi connectivity index (χ0v) is 43.3. The standard InChI is InChI=1S/C48H82ClN3O13.CH2O2/c1-14-36-48(10,59)41(55)31(6)52(21-15-20-50-37(53)23-33-16-18-34(49)19-17-33)26-27(2)24-46(8,58)43(65-45-39(54)35(51(11)12)22-28(3)61-45)29(4)40(30(5)44(57)63-36)64-38-25-47(9,60-13)42(56)32(7)62-38;2-1-3/h16-19,27-32,35-36,38-43,45,54-56,58-59H,14-15,20-26H2,1-13H3,(H,50,53);1H,(H,2,3)/t27-,28-,29+,30-,31-,32+,35+,36-,38+,39-,40+,41-,42+,43-,45+,46-,47-,48-;/m1./s1. The highest BCUT2D eigenvalue weighted by Crippen LogP contribution is 2.40. The molecule has 0 spiro atoms. The van der Waals surface area contributed by atoms with Gasteiger partial charge in [-0.15, -0.1) is 0 Å². The lowest BCUT2D eigenvalue weighted by Gasteiger charge is -2.48. The van der Waals surface area contributed by atoms with Crippen LogP contribution in [0.4, 0.5) is 0 Å². The molecule has 3 saturated heterocycles. The van der Waals surface area contributed by atoms with Gasteiger partial charge in [-0.25, -0.2) is 0 Å². The second-order valence-electron chi connectivity index (χ2n) is 20.3. The first kappa shape index (κ1) is 59.7. The molecule has 0 saturated carbocycles. The van der Waals surface area contributed by atoms with Gasteiger partial charge in [-0.05, 0) is 112 Å². The quantitative estimate of drug-likeness (QED) is 0.0851. The number of hydrogen-bond donors (Lipinski definition) is 7. The van der Waals surface area contributed by atoms with Crippen LogP contribution in [0.15, 0.2) is 24.3 Å². The van der Waals surface area contributed by atoms with E-state index in [1.807, 2.05) is 44.7 Å². The molecule has 18 nitrogen and oxygen atoms in total. The Morgan fingerprint density at radius 1 is 0.985 bits per heavy atom. The number of carbonyl (C=O) groups excluding carboxylic acids is 2. The molecule has 68 heavy (non-hydrogen) atoms. The van der Waals surface area contributed by atoms with E-state index in [9.17, 15) is 35.1 Å². The van der Waals surface area contributed by atoms with E-state index in [1.165, 1.54) is 14.0 Å². The second-order valence-corrected chi connectivity index (χ2v) is 20.8. The summed E-state index contributed by atoms with van der Waals surface area (Å²) in [6, 6.07) is 6.10. The van der Waals surface area contributed by atoms with E-state index < -0.39 is 96.0 Å². The molecule has 19 heteroatoms. The van der Waals surface area contributed by atoms with E-state index in [1.54, 1.807) is 65.8 Å². The smallest absolute Gasteiger partial charge is 0.311 e. The average molecular weight is 991 g/mol. The Kier molecular flexibility index (Phi) is 23.0. The molecule has 0 aliphatic carbocycles. The van der Waals surface area contributed by atoms with E-state index in [0.717, 1.165) is 5.56 Å². The lowest BCUT2D eigenvalue weighted by atomic mass is 9.77. The molecule has 3 aliphatic heterocycles. The van der Waals surface area contributed by atoms with Crippen LogP contribution >= 0.6 is 11.6 Å². The first-order chi connectivity index (χ1) is 31.7. The Morgan fingerprint density at radius 2 is 1.60 bits per heavy atom. The summed E-state index contributed by atoms with van der Waals surface area (Å²) in [5.74, 6) is -3.02. The van der Waals surface area contributed by atoms with E-state index >= 15 is 0 Å². The van der Waals surface area contributed by atoms with Crippen molar-refractivity contribution in [3.05, 3.63) is 34.9 Å². The van der Waals surface area contributed by atoms with E-state index in [0.29, 0.717) is 37.5 Å². The molecule has 0 bridgehead atoms. The van der Waals surface area contributed by atoms with Crippen LogP contribution in [-0.2, 0) is 49.2 Å². The van der Waals surface area contributed by atoms with Crippen molar-refractivity contribution in [3.8, 4) is 0 Å². The maximum absolute atomic E-state index is 14.5. The number of nitrogens with one attached hydrogen (secondary N) is 1. The Bertz CT molecular complexity index is 1710. The van der Waals surface area contributed by atoms with Crippen LogP contribution in [-0.4, -0.2) is 190 Å². The Hall–Kier alpha value is -2.56. The highest BCUT2D eigenvalue weighted by Gasteiger charge is 2.53. The molecule has 1 aromatic rings. The number of cyclic esters (lactones) is 1. The molecule has 1 aromatic carbocycles. The Labute approximate surface area is 408 Å². The van der Waals surface area contributed by atoms with Crippen molar-refractivity contribution in [3.63, 3.8) is 0 Å². The monoisotopic (exact) mass is 990 g/mol. The van der Waals surface area contributed by atoms with Crippen molar-refractivity contribution >= 4 is 29.9 Å². The van der Waals surface area contributed by atoms with Crippen LogP contribution in [0, 0.1) is 17.8 Å². The largest absolute Gasteiger partial charge is 0.483 e. The lowest BCUT2D eigenvalue weighted by molar-refractivity contribution is -0.318. The number of hydrogen-bond acceptors (Lipinski definition) is 16. The third kappa shape index (κ3) is 15.7. The summed E-state index contributed by atoms with van der Waals surface area (Å²) < 4.78 is 38.0. The van der Waals surface area contributed by atoms with Gasteiger partial charge in [-0.2, -0.15) is 0 Å². The predicted octanol–water partition coefficient (Wildman–Crippen LogP) is 3.37. The van der Waals surface area contributed by atoms with Crippen LogP contribution in [0.5, 0.6) is 0 Å². The summed E-state index contributed by atoms with van der Waals surface area (Å²) in [6.07, 6.45) is -8.30. The second kappa shape index (κ2) is 26.2. The summed E-state index contributed by atoms with van der Waals surface area (Å²) in [7, 11) is 5.25. The fraction of sp³-hybridized carbons (Fsp3) is 0.816. The maximum atomic E-state index is 14.5. The highest BCUT2D eigenvalue weighted by atomic mass is 35.5. The van der Waals surface area contributed by atoms with Gasteiger partial charge in [0.15, 0.2) is 12.6 Å². The van der Waals surface area contributed by atoms with Crippen LogP contribution in [0.3, 0.4) is 0 Å². The molecule has 3 heterocycles. The van der Waals surface area contributed by atoms with Gasteiger partial charge in [0.2, 0.25) is 5.91 Å². The first-order valence-electron chi connectivity index (χ1n) is 24.0. The van der Waals surface area contributed by atoms with Crippen molar-refractivity contribution in [2.75, 3.05) is 40.8 Å². The van der Waals surface area contributed by atoms with Gasteiger partial charge < -0.3 is 69.3 Å². The van der Waals surface area contributed by atoms with Crippen molar-refractivity contribution in [2.24, 2.45) is 17.8 Å². The number of carbonyl (C=O) groups is 3. The summed E-state index contributed by atoms with van der Waals surface area (Å²) in [5, 5.41) is 70.2. The third-order valence-corrected chi connectivity index (χ3v) is 14.5. The zero-order valence-electron chi connectivity index (χ0n) is 42.5. The molecule has 7 N–H and O–H groups in total. The number of aliphatic hydroxyl groups is 5. The molecule has 3 fully saturated rings. The van der Waals surface area contributed by atoms with Crippen LogP contribution in [0.2, 0.25) is 5.02 Å². The number of nitrogens with zero attached hydrogens (tertiary/aromatic N) is 2. The molecular weight excluding hydrogens is 906 g/mol. The number of halogens is 1. The number of aliphatic hydroxyl groups excluding tert-OH is 3. The van der Waals surface area contributed by atoms with Crippen LogP contribution < -0.4 is 5.32 Å². The molecule has 0 radical (unpaired) electrons. The summed E-state index contributed by atoms with van der Waals surface area (Å²) in [4.78, 5) is 39.7. The van der Waals surface area contributed by atoms with Gasteiger partial charge in [0.1, 0.15) is 30.0 Å². The van der Waals surface area contributed by atoms with Crippen molar-refractivity contribution < 1.29 is 73.4 Å². The molecule has 0 unspecified atom stereocenters. The number of carboxylic acid groups (broad SMARTS) is 1. The van der Waals surface area contributed by atoms with Crippen molar-refractivity contribution in [1.82, 2.24) is 15.1 Å². The Morgan fingerprint density at radius 3 is 2.18 bits per heavy atom. The highest BCUT2D eigenvalue weighted by molar-refractivity contribution is 6.30. The molecule has 18 atom stereocenters. The number of esters is 1. The van der Waals surface area contributed by atoms with E-state index in [-0.39, 0.29) is 56.1 Å². The van der Waals surface area contributed by atoms with Gasteiger partial charge in [0.05, 0.1) is 48.0 Å².